The van der Waals surface area contributed by atoms with Crippen molar-refractivity contribution >= 4 is 35.6 Å². The monoisotopic (exact) mass is 450 g/mol. The lowest BCUT2D eigenvalue weighted by atomic mass is 9.73. The fourth-order valence-electron chi connectivity index (χ4n) is 3.63. The summed E-state index contributed by atoms with van der Waals surface area (Å²) in [6, 6.07) is 0. The number of hydrogen-bond acceptors (Lipinski definition) is 11. The summed E-state index contributed by atoms with van der Waals surface area (Å²) >= 11 is 0. The second kappa shape index (κ2) is 9.58. The van der Waals surface area contributed by atoms with Gasteiger partial charge in [-0.05, 0) is 17.9 Å². The molecular weight excluding hydrogens is 428 g/mol. The Bertz CT molecular complexity index is 1020. The van der Waals surface area contributed by atoms with Crippen LogP contribution in [-0.2, 0) is 35.0 Å². The summed E-state index contributed by atoms with van der Waals surface area (Å²) in [5.41, 5.74) is -1.42. The second-order valence-corrected chi connectivity index (χ2v) is 6.98. The summed E-state index contributed by atoms with van der Waals surface area (Å²) in [6.07, 6.45) is -0.0603. The van der Waals surface area contributed by atoms with E-state index in [4.69, 9.17) is 23.7 Å². The molecule has 0 spiro atoms. The van der Waals surface area contributed by atoms with Gasteiger partial charge in [0.15, 0.2) is 17.3 Å². The number of ketones is 1. The molecule has 0 heterocycles. The first kappa shape index (κ1) is 24.5. The quantitative estimate of drug-likeness (QED) is 0.276. The molecule has 0 saturated heterocycles. The van der Waals surface area contributed by atoms with E-state index in [1.54, 1.807) is 6.92 Å². The number of rotatable bonds is 5. The lowest BCUT2D eigenvalue weighted by Gasteiger charge is -2.31. The molecule has 0 bridgehead atoms. The van der Waals surface area contributed by atoms with Gasteiger partial charge in [-0.2, -0.15) is 0 Å². The van der Waals surface area contributed by atoms with E-state index in [-0.39, 0.29) is 17.5 Å². The molecule has 2 rings (SSSR count). The molecule has 0 saturated carbocycles. The van der Waals surface area contributed by atoms with Crippen molar-refractivity contribution in [2.24, 2.45) is 11.8 Å². The van der Waals surface area contributed by atoms with Crippen LogP contribution in [0.5, 0.6) is 11.5 Å². The van der Waals surface area contributed by atoms with Gasteiger partial charge in [-0.15, -0.1) is 0 Å². The zero-order chi connectivity index (χ0) is 24.3. The highest BCUT2D eigenvalue weighted by Gasteiger charge is 2.46. The number of fused-ring (bicyclic) bond motifs is 1. The number of carbonyl (C=O) groups is 6. The molecular formula is C21H22O11. The third kappa shape index (κ3) is 4.32. The molecule has 32 heavy (non-hydrogen) atoms. The summed E-state index contributed by atoms with van der Waals surface area (Å²) in [5.74, 6) is -8.80. The van der Waals surface area contributed by atoms with Gasteiger partial charge >= 0.3 is 29.8 Å². The summed E-state index contributed by atoms with van der Waals surface area (Å²) in [5, 5.41) is 0. The van der Waals surface area contributed by atoms with E-state index in [2.05, 4.69) is 0 Å². The fourth-order valence-corrected chi connectivity index (χ4v) is 3.63. The van der Waals surface area contributed by atoms with E-state index in [0.717, 1.165) is 35.2 Å². The predicted molar refractivity (Wildman–Crippen MR) is 104 cm³/mol. The minimum absolute atomic E-state index is 0.00495. The van der Waals surface area contributed by atoms with Gasteiger partial charge in [0.05, 0.1) is 26.9 Å². The van der Waals surface area contributed by atoms with E-state index < -0.39 is 70.1 Å². The molecule has 0 fully saturated rings. The zero-order valence-electron chi connectivity index (χ0n) is 18.4. The van der Waals surface area contributed by atoms with Crippen LogP contribution in [0, 0.1) is 11.8 Å². The summed E-state index contributed by atoms with van der Waals surface area (Å²) < 4.78 is 24.5. The van der Waals surface area contributed by atoms with Crippen LogP contribution in [0.4, 0.5) is 0 Å². The van der Waals surface area contributed by atoms with Gasteiger partial charge in [-0.25, -0.2) is 9.59 Å². The van der Waals surface area contributed by atoms with E-state index in [1.807, 2.05) is 0 Å². The Kier molecular flexibility index (Phi) is 7.34. The average Bonchev–Trinajstić information content (AvgIpc) is 2.71. The normalized spacial score (nSPS) is 17.0. The third-order valence-corrected chi connectivity index (χ3v) is 4.86. The van der Waals surface area contributed by atoms with Gasteiger partial charge in [0.25, 0.3) is 0 Å². The van der Waals surface area contributed by atoms with Crippen molar-refractivity contribution in [3.8, 4) is 11.5 Å². The first-order chi connectivity index (χ1) is 15.0. The first-order valence-corrected chi connectivity index (χ1v) is 9.38. The van der Waals surface area contributed by atoms with Crippen LogP contribution in [0.1, 0.15) is 57.4 Å². The summed E-state index contributed by atoms with van der Waals surface area (Å²) in [7, 11) is 3.15. The standard InChI is InChI=1S/C21H22O11/c1-8-7-11-13(16(24)12(8)19(25)28-4)17(31-9(2)22)15(21(27)30-6)18(32-10(3)23)14(11)20(26)29-5/h8,12H,7H2,1-6H3. The first-order valence-electron chi connectivity index (χ1n) is 9.38. The molecule has 172 valence electrons. The molecule has 0 radical (unpaired) electrons. The van der Waals surface area contributed by atoms with Gasteiger partial charge in [-0.1, -0.05) is 6.92 Å². The van der Waals surface area contributed by atoms with Crippen LogP contribution < -0.4 is 9.47 Å². The Labute approximate surface area is 182 Å². The maximum Gasteiger partial charge on any atom is 0.345 e. The van der Waals surface area contributed by atoms with Crippen molar-refractivity contribution in [1.29, 1.82) is 0 Å². The predicted octanol–water partition coefficient (Wildman–Crippen LogP) is 1.27. The van der Waals surface area contributed by atoms with Gasteiger partial charge < -0.3 is 23.7 Å². The van der Waals surface area contributed by atoms with Gasteiger partial charge in [0, 0.05) is 13.8 Å². The maximum atomic E-state index is 13.4. The molecule has 11 nitrogen and oxygen atoms in total. The highest BCUT2D eigenvalue weighted by atomic mass is 16.6. The molecule has 0 aliphatic heterocycles. The SMILES string of the molecule is COC(=O)c1c2c(c(OC(C)=O)c(C(=O)OC)c1OC(C)=O)C(=O)C(C(=O)OC)C(C)C2. The molecule has 1 aromatic rings. The zero-order valence-corrected chi connectivity index (χ0v) is 18.4. The van der Waals surface area contributed by atoms with Crippen molar-refractivity contribution in [2.45, 2.75) is 27.2 Å². The molecule has 11 heteroatoms. The maximum absolute atomic E-state index is 13.4. The Hall–Kier alpha value is -3.76. The van der Waals surface area contributed by atoms with Gasteiger partial charge in [0.2, 0.25) is 0 Å². The Morgan fingerprint density at radius 3 is 1.75 bits per heavy atom. The van der Waals surface area contributed by atoms with Crippen molar-refractivity contribution in [2.75, 3.05) is 21.3 Å². The van der Waals surface area contributed by atoms with Gasteiger partial charge in [-0.3, -0.25) is 19.2 Å². The minimum Gasteiger partial charge on any atom is -0.468 e. The number of methoxy groups -OCH3 is 3. The van der Waals surface area contributed by atoms with E-state index >= 15 is 0 Å². The Balaban J connectivity index is 3.11. The fraction of sp³-hybridized carbons (Fsp3) is 0.429. The molecule has 2 unspecified atom stereocenters. The number of ether oxygens (including phenoxy) is 5. The van der Waals surface area contributed by atoms with E-state index in [9.17, 15) is 28.8 Å². The Morgan fingerprint density at radius 1 is 0.781 bits per heavy atom. The highest BCUT2D eigenvalue weighted by molar-refractivity contribution is 6.17. The molecule has 0 amide bonds. The summed E-state index contributed by atoms with van der Waals surface area (Å²) in [4.78, 5) is 74.6. The number of Topliss-reactive ketones (excluding diaryl/α,β-unsaturated/α-hetero) is 1. The van der Waals surface area contributed by atoms with Gasteiger partial charge in [0.1, 0.15) is 17.0 Å². The van der Waals surface area contributed by atoms with Crippen molar-refractivity contribution in [3.05, 3.63) is 22.3 Å². The minimum atomic E-state index is -1.29. The number of hydrogen-bond donors (Lipinski definition) is 0. The highest BCUT2D eigenvalue weighted by Crippen LogP contribution is 2.46. The number of benzene rings is 1. The summed E-state index contributed by atoms with van der Waals surface area (Å²) in [6.45, 7) is 3.61. The molecule has 2 atom stereocenters. The van der Waals surface area contributed by atoms with Crippen LogP contribution in [0.2, 0.25) is 0 Å². The van der Waals surface area contributed by atoms with E-state index in [0.29, 0.717) is 0 Å². The van der Waals surface area contributed by atoms with E-state index in [1.165, 1.54) is 0 Å². The largest absolute Gasteiger partial charge is 0.468 e. The topological polar surface area (TPSA) is 149 Å². The third-order valence-electron chi connectivity index (χ3n) is 4.86. The molecule has 1 aliphatic carbocycles. The second-order valence-electron chi connectivity index (χ2n) is 6.98. The van der Waals surface area contributed by atoms with Crippen molar-refractivity contribution in [1.82, 2.24) is 0 Å². The van der Waals surface area contributed by atoms with Crippen LogP contribution >= 0.6 is 0 Å². The van der Waals surface area contributed by atoms with Crippen LogP contribution in [0.3, 0.4) is 0 Å². The molecule has 1 aliphatic rings. The molecule has 0 N–H and O–H groups in total. The Morgan fingerprint density at radius 2 is 1.28 bits per heavy atom. The average molecular weight is 450 g/mol. The molecule has 0 aromatic heterocycles. The lowest BCUT2D eigenvalue weighted by Crippen LogP contribution is -2.38. The van der Waals surface area contributed by atoms with Crippen LogP contribution in [-0.4, -0.2) is 57.0 Å². The van der Waals surface area contributed by atoms with Crippen LogP contribution in [0.15, 0.2) is 0 Å². The van der Waals surface area contributed by atoms with Crippen LogP contribution in [0.25, 0.3) is 0 Å². The smallest absolute Gasteiger partial charge is 0.345 e. The lowest BCUT2D eigenvalue weighted by molar-refractivity contribution is -0.145. The molecule has 1 aromatic carbocycles. The van der Waals surface area contributed by atoms with Crippen molar-refractivity contribution in [3.63, 3.8) is 0 Å². The number of esters is 5. The van der Waals surface area contributed by atoms with Crippen molar-refractivity contribution < 1.29 is 52.5 Å². The number of carbonyl (C=O) groups excluding carboxylic acids is 6.